The SMILES string of the molecule is O=C(NCc1ccncc1)c1cnc2nc[nH]c2c1. The van der Waals surface area contributed by atoms with Crippen LogP contribution in [-0.2, 0) is 6.54 Å². The molecule has 0 saturated carbocycles. The summed E-state index contributed by atoms with van der Waals surface area (Å²) in [5.41, 5.74) is 2.85. The van der Waals surface area contributed by atoms with Crippen LogP contribution in [0.2, 0.25) is 0 Å². The number of imidazole rings is 1. The summed E-state index contributed by atoms with van der Waals surface area (Å²) < 4.78 is 0. The standard InChI is InChI=1S/C13H11N5O/c19-13(16-6-9-1-3-14-4-2-9)10-5-11-12(15-7-10)18-8-17-11/h1-5,7-8H,6H2,(H,16,19)(H,15,17,18). The van der Waals surface area contributed by atoms with Crippen LogP contribution in [-0.4, -0.2) is 25.8 Å². The van der Waals surface area contributed by atoms with Crippen molar-refractivity contribution in [1.82, 2.24) is 25.3 Å². The van der Waals surface area contributed by atoms with Crippen LogP contribution < -0.4 is 5.32 Å². The number of aromatic nitrogens is 4. The first-order valence-corrected chi connectivity index (χ1v) is 5.79. The number of aromatic amines is 1. The van der Waals surface area contributed by atoms with Crippen LogP contribution in [0.25, 0.3) is 11.2 Å². The van der Waals surface area contributed by atoms with Crippen LogP contribution in [0, 0.1) is 0 Å². The highest BCUT2D eigenvalue weighted by Crippen LogP contribution is 2.08. The van der Waals surface area contributed by atoms with Crippen LogP contribution in [0.15, 0.2) is 43.1 Å². The minimum atomic E-state index is -0.166. The second-order valence-electron chi connectivity index (χ2n) is 4.04. The molecule has 0 aliphatic carbocycles. The maximum atomic E-state index is 12.0. The van der Waals surface area contributed by atoms with Crippen molar-refractivity contribution in [3.8, 4) is 0 Å². The van der Waals surface area contributed by atoms with Crippen LogP contribution >= 0.6 is 0 Å². The van der Waals surface area contributed by atoms with Gasteiger partial charge in [0.25, 0.3) is 5.91 Å². The number of carbonyl (C=O) groups is 1. The Labute approximate surface area is 108 Å². The van der Waals surface area contributed by atoms with E-state index < -0.39 is 0 Å². The van der Waals surface area contributed by atoms with Crippen LogP contribution in [0.4, 0.5) is 0 Å². The van der Waals surface area contributed by atoms with Gasteiger partial charge in [0.2, 0.25) is 0 Å². The van der Waals surface area contributed by atoms with Crippen molar-refractivity contribution in [3.63, 3.8) is 0 Å². The molecule has 19 heavy (non-hydrogen) atoms. The van der Waals surface area contributed by atoms with Gasteiger partial charge in [0.15, 0.2) is 5.65 Å². The van der Waals surface area contributed by atoms with Gasteiger partial charge in [0, 0.05) is 25.1 Å². The molecule has 0 fully saturated rings. The summed E-state index contributed by atoms with van der Waals surface area (Å²) in [6.45, 7) is 0.461. The fraction of sp³-hybridized carbons (Fsp3) is 0.0769. The highest BCUT2D eigenvalue weighted by Gasteiger charge is 2.07. The molecule has 3 aromatic heterocycles. The van der Waals surface area contributed by atoms with Gasteiger partial charge in [0.05, 0.1) is 17.4 Å². The quantitative estimate of drug-likeness (QED) is 0.736. The molecule has 0 aliphatic rings. The van der Waals surface area contributed by atoms with Gasteiger partial charge in [-0.25, -0.2) is 9.97 Å². The fourth-order valence-electron chi connectivity index (χ4n) is 1.74. The molecule has 3 aromatic rings. The van der Waals surface area contributed by atoms with E-state index in [0.29, 0.717) is 17.8 Å². The number of pyridine rings is 2. The monoisotopic (exact) mass is 253 g/mol. The predicted molar refractivity (Wildman–Crippen MR) is 69.3 cm³/mol. The molecule has 1 amide bonds. The Bertz CT molecular complexity index is 707. The van der Waals surface area contributed by atoms with Gasteiger partial charge in [-0.05, 0) is 23.8 Å². The number of rotatable bonds is 3. The molecule has 0 radical (unpaired) electrons. The zero-order valence-electron chi connectivity index (χ0n) is 10.00. The number of H-pyrrole nitrogens is 1. The molecule has 2 N–H and O–H groups in total. The molecule has 3 rings (SSSR count). The second kappa shape index (κ2) is 4.85. The smallest absolute Gasteiger partial charge is 0.253 e. The van der Waals surface area contributed by atoms with E-state index in [-0.39, 0.29) is 5.91 Å². The summed E-state index contributed by atoms with van der Waals surface area (Å²) in [6, 6.07) is 5.45. The van der Waals surface area contributed by atoms with Gasteiger partial charge in [0.1, 0.15) is 0 Å². The molecule has 0 aliphatic heterocycles. The number of hydrogen-bond donors (Lipinski definition) is 2. The normalized spacial score (nSPS) is 10.5. The molecular formula is C13H11N5O. The molecule has 0 atom stereocenters. The average molecular weight is 253 g/mol. The first kappa shape index (κ1) is 11.3. The van der Waals surface area contributed by atoms with Gasteiger partial charge < -0.3 is 10.3 Å². The molecule has 6 nitrogen and oxygen atoms in total. The van der Waals surface area contributed by atoms with Gasteiger partial charge in [-0.15, -0.1) is 0 Å². The fourth-order valence-corrected chi connectivity index (χ4v) is 1.74. The van der Waals surface area contributed by atoms with Crippen molar-refractivity contribution in [3.05, 3.63) is 54.2 Å². The maximum absolute atomic E-state index is 12.0. The Morgan fingerprint density at radius 1 is 1.26 bits per heavy atom. The molecule has 94 valence electrons. The van der Waals surface area contributed by atoms with E-state index in [1.165, 1.54) is 6.20 Å². The van der Waals surface area contributed by atoms with E-state index in [2.05, 4.69) is 25.3 Å². The summed E-state index contributed by atoms with van der Waals surface area (Å²) in [4.78, 5) is 26.9. The number of nitrogens with one attached hydrogen (secondary N) is 2. The van der Waals surface area contributed by atoms with Crippen LogP contribution in [0.3, 0.4) is 0 Å². The largest absolute Gasteiger partial charge is 0.348 e. The molecule has 0 spiro atoms. The first-order valence-electron chi connectivity index (χ1n) is 5.79. The Balaban J connectivity index is 1.73. The predicted octanol–water partition coefficient (Wildman–Crippen LogP) is 1.28. The summed E-state index contributed by atoms with van der Waals surface area (Å²) in [7, 11) is 0. The molecule has 3 heterocycles. The van der Waals surface area contributed by atoms with Crippen molar-refractivity contribution < 1.29 is 4.79 Å². The van der Waals surface area contributed by atoms with Crippen molar-refractivity contribution in [2.75, 3.05) is 0 Å². The molecule has 0 bridgehead atoms. The Morgan fingerprint density at radius 3 is 2.95 bits per heavy atom. The average Bonchev–Trinajstić information content (AvgIpc) is 2.93. The van der Waals surface area contributed by atoms with Gasteiger partial charge in [-0.2, -0.15) is 0 Å². The molecule has 0 saturated heterocycles. The van der Waals surface area contributed by atoms with E-state index in [1.807, 2.05) is 12.1 Å². The van der Waals surface area contributed by atoms with Gasteiger partial charge in [-0.3, -0.25) is 9.78 Å². The minimum Gasteiger partial charge on any atom is -0.348 e. The summed E-state index contributed by atoms with van der Waals surface area (Å²) in [5, 5.41) is 2.83. The highest BCUT2D eigenvalue weighted by molar-refractivity contribution is 5.96. The van der Waals surface area contributed by atoms with Crippen molar-refractivity contribution in [2.45, 2.75) is 6.54 Å². The number of hydrogen-bond acceptors (Lipinski definition) is 4. The van der Waals surface area contributed by atoms with Crippen molar-refractivity contribution in [1.29, 1.82) is 0 Å². The van der Waals surface area contributed by atoms with E-state index >= 15 is 0 Å². The number of carbonyl (C=O) groups excluding carboxylic acids is 1. The topological polar surface area (TPSA) is 83.6 Å². The molecule has 6 heteroatoms. The lowest BCUT2D eigenvalue weighted by molar-refractivity contribution is 0.0950. The third-order valence-electron chi connectivity index (χ3n) is 2.74. The number of nitrogens with zero attached hydrogens (tertiary/aromatic N) is 3. The van der Waals surface area contributed by atoms with E-state index in [4.69, 9.17) is 0 Å². The lowest BCUT2D eigenvalue weighted by Crippen LogP contribution is -2.22. The second-order valence-corrected chi connectivity index (χ2v) is 4.04. The lowest BCUT2D eigenvalue weighted by atomic mass is 10.2. The Kier molecular flexibility index (Phi) is 2.89. The van der Waals surface area contributed by atoms with Gasteiger partial charge in [-0.1, -0.05) is 0 Å². The third-order valence-corrected chi connectivity index (χ3v) is 2.74. The van der Waals surface area contributed by atoms with Crippen LogP contribution in [0.1, 0.15) is 15.9 Å². The van der Waals surface area contributed by atoms with Crippen molar-refractivity contribution in [2.24, 2.45) is 0 Å². The number of fused-ring (bicyclic) bond motifs is 1. The summed E-state index contributed by atoms with van der Waals surface area (Å²) in [6.07, 6.45) is 6.46. The molecule has 0 unspecified atom stereocenters. The maximum Gasteiger partial charge on any atom is 0.253 e. The van der Waals surface area contributed by atoms with E-state index in [9.17, 15) is 4.79 Å². The lowest BCUT2D eigenvalue weighted by Gasteiger charge is -2.04. The highest BCUT2D eigenvalue weighted by atomic mass is 16.1. The Hall–Kier alpha value is -2.76. The summed E-state index contributed by atoms with van der Waals surface area (Å²) in [5.74, 6) is -0.166. The molecular weight excluding hydrogens is 242 g/mol. The number of amides is 1. The third kappa shape index (κ3) is 2.42. The minimum absolute atomic E-state index is 0.166. The zero-order chi connectivity index (χ0) is 13.1. The van der Waals surface area contributed by atoms with Gasteiger partial charge >= 0.3 is 0 Å². The zero-order valence-corrected chi connectivity index (χ0v) is 10.00. The Morgan fingerprint density at radius 2 is 2.11 bits per heavy atom. The van der Waals surface area contributed by atoms with Crippen LogP contribution in [0.5, 0.6) is 0 Å². The van der Waals surface area contributed by atoms with E-state index in [0.717, 1.165) is 11.1 Å². The van der Waals surface area contributed by atoms with Crippen molar-refractivity contribution >= 4 is 17.1 Å². The summed E-state index contributed by atoms with van der Waals surface area (Å²) >= 11 is 0. The molecule has 0 aromatic carbocycles. The first-order chi connectivity index (χ1) is 9.33. The van der Waals surface area contributed by atoms with E-state index in [1.54, 1.807) is 24.8 Å².